The second-order valence-electron chi connectivity index (χ2n) is 0.753. The Morgan fingerprint density at radius 2 is 1.42 bits per heavy atom. The molecule has 0 atom stereocenters. The molecule has 0 fully saturated rings. The molecule has 9 nitrogen and oxygen atoms in total. The molecule has 7 N–H and O–H groups in total. The molecule has 0 saturated carbocycles. The van der Waals surface area contributed by atoms with E-state index in [0.29, 0.717) is 0 Å². The van der Waals surface area contributed by atoms with Crippen molar-refractivity contribution in [2.24, 2.45) is 5.14 Å². The van der Waals surface area contributed by atoms with E-state index in [1.807, 2.05) is 0 Å². The normalized spacial score (nSPS) is 6.83. The van der Waals surface area contributed by atoms with E-state index in [9.17, 15) is 0 Å². The topological polar surface area (TPSA) is 179 Å². The number of hydrogen-bond donors (Lipinski definition) is 4. The molecule has 0 heterocycles. The summed E-state index contributed by atoms with van der Waals surface area (Å²) in [5, 5.41) is 17.5. The Bertz CT molecular complexity index is 165. The predicted octanol–water partition coefficient (Wildman–Crippen LogP) is -1.44. The Labute approximate surface area is 112 Å². The van der Waals surface area contributed by atoms with Crippen LogP contribution in [0.1, 0.15) is 0 Å². The molecule has 0 spiro atoms. The first-order valence-corrected chi connectivity index (χ1v) is 2.82. The Morgan fingerprint density at radius 1 is 1.42 bits per heavy atom. The molecule has 0 rings (SSSR count). The zero-order chi connectivity index (χ0) is 8.08. The molecular weight excluding hydrogens is 369 g/mol. The Morgan fingerprint density at radius 3 is 1.42 bits per heavy atom. The van der Waals surface area contributed by atoms with Gasteiger partial charge in [0.2, 0.25) is 0 Å². The molecule has 0 bridgehead atoms. The molecule has 1 radical (unpaired) electrons. The van der Waals surface area contributed by atoms with E-state index in [1.54, 1.807) is 0 Å². The first-order valence-electron chi connectivity index (χ1n) is 1.32. The van der Waals surface area contributed by atoms with Crippen LogP contribution in [0.4, 0.5) is 0 Å². The van der Waals surface area contributed by atoms with Gasteiger partial charge < -0.3 is 11.4 Å². The second kappa shape index (κ2) is 14.4. The van der Waals surface area contributed by atoms with Gasteiger partial charge in [0.05, 0.1) is 0 Å². The van der Waals surface area contributed by atoms with Crippen LogP contribution in [-0.2, 0) is 27.1 Å². The van der Waals surface area contributed by atoms with Gasteiger partial charge in [-0.3, -0.25) is 4.55 Å². The van der Waals surface area contributed by atoms with Crippen LogP contribution in [0.3, 0.4) is 0 Å². The summed E-state index contributed by atoms with van der Waals surface area (Å²) in [6, 6.07) is 0. The molecule has 77 valence electrons. The average molecular weight is 376 g/mol. The standard InChI is InChI=1S/Ce.Co.H3NO3S.HNO3.H3N/c;;1-5(2,3)4;2-1(3)4;/h;;(H3,1,2,3,4);(H,2,3,4);1H3. The molecule has 0 aliphatic carbocycles. The summed E-state index contributed by atoms with van der Waals surface area (Å²) in [6.07, 6.45) is 0. The van der Waals surface area contributed by atoms with E-state index in [1.165, 1.54) is 0 Å². The fraction of sp³-hybridized carbons (Fsp3) is 0. The third-order valence-electron chi connectivity index (χ3n) is 0. The van der Waals surface area contributed by atoms with Gasteiger partial charge in [-0.05, 0) is 0 Å². The molecule has 0 unspecified atom stereocenters. The van der Waals surface area contributed by atoms with E-state index in [-0.39, 0.29) is 64.7 Å². The summed E-state index contributed by atoms with van der Waals surface area (Å²) < 4.78 is 25.2. The Hall–Kier alpha value is 0.913. The van der Waals surface area contributed by atoms with Crippen molar-refractivity contribution >= 4 is 10.3 Å². The van der Waals surface area contributed by atoms with Crippen molar-refractivity contribution in [2.45, 2.75) is 0 Å². The van der Waals surface area contributed by atoms with Gasteiger partial charge in [-0.1, -0.05) is 0 Å². The summed E-state index contributed by atoms with van der Waals surface area (Å²) in [4.78, 5) is 8.36. The van der Waals surface area contributed by atoms with Gasteiger partial charge in [-0.15, -0.1) is 10.1 Å². The van der Waals surface area contributed by atoms with Crippen LogP contribution >= 0.6 is 0 Å². The van der Waals surface area contributed by atoms with Crippen LogP contribution < -0.4 is 11.3 Å². The molecule has 12 heavy (non-hydrogen) atoms. The molecule has 0 amide bonds. The van der Waals surface area contributed by atoms with Crippen molar-refractivity contribution in [3.8, 4) is 0 Å². The number of hydrogen-bond acceptors (Lipinski definition) is 5. The van der Waals surface area contributed by atoms with Crippen LogP contribution in [0.15, 0.2) is 0 Å². The SMILES string of the molecule is N.NS(=O)(=O)O.O=[N+]([O-])O.[Ce].[Co]. The van der Waals surface area contributed by atoms with Crippen LogP contribution in [-0.4, -0.2) is 23.3 Å². The van der Waals surface area contributed by atoms with Gasteiger partial charge in [0, 0.05) is 58.5 Å². The minimum Gasteiger partial charge on any atom is -0.344 e. The van der Waals surface area contributed by atoms with Crippen molar-refractivity contribution in [1.29, 1.82) is 0 Å². The van der Waals surface area contributed by atoms with E-state index in [2.05, 4.69) is 5.14 Å². The third-order valence-corrected chi connectivity index (χ3v) is 0. The minimum atomic E-state index is -4.17. The second-order valence-corrected chi connectivity index (χ2v) is 1.78. The van der Waals surface area contributed by atoms with E-state index < -0.39 is 15.4 Å². The largest absolute Gasteiger partial charge is 0.344 e. The van der Waals surface area contributed by atoms with E-state index in [0.717, 1.165) is 0 Å². The summed E-state index contributed by atoms with van der Waals surface area (Å²) in [5.74, 6) is 0. The van der Waals surface area contributed by atoms with Crippen LogP contribution in [0.25, 0.3) is 0 Å². The number of nitrogens with zero attached hydrogens (tertiary/aromatic N) is 1. The van der Waals surface area contributed by atoms with Crippen molar-refractivity contribution in [3.05, 3.63) is 10.1 Å². The molecular formula is H7CeCoN3O6S. The van der Waals surface area contributed by atoms with Crippen molar-refractivity contribution in [2.75, 3.05) is 0 Å². The maximum absolute atomic E-state index is 8.97. The maximum Gasteiger partial charge on any atom is 0.330 e. The van der Waals surface area contributed by atoms with Gasteiger partial charge in [-0.25, -0.2) is 5.14 Å². The maximum atomic E-state index is 8.97. The number of rotatable bonds is 0. The first-order chi connectivity index (χ1) is 3.73. The zero-order valence-corrected chi connectivity index (χ0v) is 10.5. The van der Waals surface area contributed by atoms with Crippen LogP contribution in [0.5, 0.6) is 0 Å². The van der Waals surface area contributed by atoms with Gasteiger partial charge in [0.25, 0.3) is 5.09 Å². The van der Waals surface area contributed by atoms with Gasteiger partial charge in [0.1, 0.15) is 0 Å². The van der Waals surface area contributed by atoms with Crippen molar-refractivity contribution in [1.82, 2.24) is 6.15 Å². The molecule has 0 aliphatic heterocycles. The molecule has 0 saturated heterocycles. The molecule has 12 heteroatoms. The number of nitrogens with two attached hydrogens (primary N) is 1. The predicted molar refractivity (Wildman–Crippen MR) is 29.5 cm³/mol. The van der Waals surface area contributed by atoms with Crippen molar-refractivity contribution < 1.29 is 81.8 Å². The van der Waals surface area contributed by atoms with E-state index in [4.69, 9.17) is 28.3 Å². The molecule has 0 aliphatic rings. The fourth-order valence-electron chi connectivity index (χ4n) is 0. The summed E-state index contributed by atoms with van der Waals surface area (Å²) >= 11 is 0. The molecule has 0 aromatic heterocycles. The monoisotopic (exact) mass is 376 g/mol. The summed E-state index contributed by atoms with van der Waals surface area (Å²) in [7, 11) is -4.17. The fourth-order valence-corrected chi connectivity index (χ4v) is 0. The average Bonchev–Trinajstić information content (AvgIpc) is 1.19. The zero-order valence-electron chi connectivity index (χ0n) is 5.50. The van der Waals surface area contributed by atoms with Crippen LogP contribution in [0, 0.1) is 51.9 Å². The molecule has 0 aromatic carbocycles. The van der Waals surface area contributed by atoms with Gasteiger partial charge in [0.15, 0.2) is 0 Å². The quantitative estimate of drug-likeness (QED) is 0.227. The summed E-state index contributed by atoms with van der Waals surface area (Å²) in [6.45, 7) is 0. The molecule has 0 aromatic rings. The third kappa shape index (κ3) is 1290. The summed E-state index contributed by atoms with van der Waals surface area (Å²) in [5.41, 5.74) is 0. The van der Waals surface area contributed by atoms with Gasteiger partial charge >= 0.3 is 10.3 Å². The Kier molecular flexibility index (Phi) is 35.2. The van der Waals surface area contributed by atoms with Crippen LogP contribution in [0.2, 0.25) is 0 Å². The smallest absolute Gasteiger partial charge is 0.330 e. The van der Waals surface area contributed by atoms with Crippen molar-refractivity contribution in [3.63, 3.8) is 0 Å². The van der Waals surface area contributed by atoms with Gasteiger partial charge in [-0.2, -0.15) is 8.42 Å². The minimum absolute atomic E-state index is 0. The Balaban J connectivity index is -0.0000000221. The van der Waals surface area contributed by atoms with E-state index >= 15 is 0 Å². The first kappa shape index (κ1) is 29.3.